The fourth-order valence-corrected chi connectivity index (χ4v) is 2.22. The first-order chi connectivity index (χ1) is 5.73. The lowest BCUT2D eigenvalue weighted by Crippen LogP contribution is -2.46. The Morgan fingerprint density at radius 2 is 2.00 bits per heavy atom. The Kier molecular flexibility index (Phi) is 3.29. The summed E-state index contributed by atoms with van der Waals surface area (Å²) in [5.41, 5.74) is 3.19. The number of hydrazine groups is 1. The van der Waals surface area contributed by atoms with Gasteiger partial charge in [0.2, 0.25) is 0 Å². The van der Waals surface area contributed by atoms with E-state index >= 15 is 0 Å². The van der Waals surface area contributed by atoms with Crippen LogP contribution in [0.15, 0.2) is 12.7 Å². The summed E-state index contributed by atoms with van der Waals surface area (Å²) in [6.45, 7) is 6.11. The first-order valence-corrected chi connectivity index (χ1v) is 4.81. The van der Waals surface area contributed by atoms with Crippen molar-refractivity contribution < 1.29 is 0 Å². The van der Waals surface area contributed by atoms with Gasteiger partial charge in [-0.3, -0.25) is 11.3 Å². The molecule has 0 aromatic rings. The maximum absolute atomic E-state index is 5.48. The van der Waals surface area contributed by atoms with Gasteiger partial charge in [-0.1, -0.05) is 32.3 Å². The molecule has 0 heterocycles. The van der Waals surface area contributed by atoms with Gasteiger partial charge in [0.1, 0.15) is 0 Å². The first-order valence-electron chi connectivity index (χ1n) is 4.81. The molecule has 0 radical (unpaired) electrons. The standard InChI is InChI=1S/C10H20N2/c1-3-9(12-11)10(2)7-5-4-6-8-10/h3,9,12H,1,4-8,11H2,2H3. The van der Waals surface area contributed by atoms with E-state index in [0.29, 0.717) is 5.41 Å². The van der Waals surface area contributed by atoms with Crippen LogP contribution in [0.2, 0.25) is 0 Å². The molecule has 0 aromatic heterocycles. The van der Waals surface area contributed by atoms with E-state index in [0.717, 1.165) is 0 Å². The summed E-state index contributed by atoms with van der Waals surface area (Å²) in [4.78, 5) is 0. The molecular formula is C10H20N2. The smallest absolute Gasteiger partial charge is 0.0441 e. The third kappa shape index (κ3) is 1.87. The van der Waals surface area contributed by atoms with Crippen LogP contribution in [0.1, 0.15) is 39.0 Å². The molecule has 1 fully saturated rings. The summed E-state index contributed by atoms with van der Waals surface area (Å²) in [5.74, 6) is 5.48. The Morgan fingerprint density at radius 3 is 2.42 bits per heavy atom. The normalized spacial score (nSPS) is 24.8. The molecular weight excluding hydrogens is 148 g/mol. The molecule has 1 aliphatic rings. The molecule has 12 heavy (non-hydrogen) atoms. The van der Waals surface area contributed by atoms with Gasteiger partial charge in [0.25, 0.3) is 0 Å². The minimum absolute atomic E-state index is 0.276. The van der Waals surface area contributed by atoms with Crippen LogP contribution in [0.5, 0.6) is 0 Å². The van der Waals surface area contributed by atoms with Gasteiger partial charge in [-0.15, -0.1) is 6.58 Å². The van der Waals surface area contributed by atoms with Gasteiger partial charge >= 0.3 is 0 Å². The molecule has 1 aliphatic carbocycles. The Balaban J connectivity index is 2.59. The van der Waals surface area contributed by atoms with Gasteiger partial charge in [-0.25, -0.2) is 0 Å². The van der Waals surface area contributed by atoms with Crippen LogP contribution in [0.3, 0.4) is 0 Å². The lowest BCUT2D eigenvalue weighted by molar-refractivity contribution is 0.171. The molecule has 0 saturated heterocycles. The summed E-state index contributed by atoms with van der Waals surface area (Å²) >= 11 is 0. The van der Waals surface area contributed by atoms with E-state index in [9.17, 15) is 0 Å². The van der Waals surface area contributed by atoms with E-state index in [-0.39, 0.29) is 6.04 Å². The number of nitrogens with one attached hydrogen (secondary N) is 1. The van der Waals surface area contributed by atoms with Crippen LogP contribution < -0.4 is 11.3 Å². The average molecular weight is 168 g/mol. The Labute approximate surface area is 75.2 Å². The Hall–Kier alpha value is -0.340. The van der Waals surface area contributed by atoms with Crippen LogP contribution in [0, 0.1) is 5.41 Å². The molecule has 0 aromatic carbocycles. The first kappa shape index (κ1) is 9.75. The van der Waals surface area contributed by atoms with Crippen molar-refractivity contribution >= 4 is 0 Å². The van der Waals surface area contributed by atoms with Crippen LogP contribution in [-0.2, 0) is 0 Å². The van der Waals surface area contributed by atoms with Gasteiger partial charge in [-0.2, -0.15) is 0 Å². The minimum Gasteiger partial charge on any atom is -0.271 e. The highest BCUT2D eigenvalue weighted by Crippen LogP contribution is 2.38. The molecule has 2 nitrogen and oxygen atoms in total. The maximum atomic E-state index is 5.48. The SMILES string of the molecule is C=CC(NN)C1(C)CCCCC1. The molecule has 1 atom stereocenters. The molecule has 0 spiro atoms. The summed E-state index contributed by atoms with van der Waals surface area (Å²) in [6.07, 6.45) is 8.53. The van der Waals surface area contributed by atoms with E-state index < -0.39 is 0 Å². The highest BCUT2D eigenvalue weighted by atomic mass is 15.2. The van der Waals surface area contributed by atoms with Gasteiger partial charge in [-0.05, 0) is 18.3 Å². The van der Waals surface area contributed by atoms with Crippen molar-refractivity contribution in [3.8, 4) is 0 Å². The van der Waals surface area contributed by atoms with Crippen LogP contribution >= 0.6 is 0 Å². The van der Waals surface area contributed by atoms with Crippen LogP contribution in [-0.4, -0.2) is 6.04 Å². The second kappa shape index (κ2) is 4.06. The van der Waals surface area contributed by atoms with E-state index in [1.165, 1.54) is 32.1 Å². The lowest BCUT2D eigenvalue weighted by atomic mass is 9.71. The largest absolute Gasteiger partial charge is 0.271 e. The van der Waals surface area contributed by atoms with Crippen molar-refractivity contribution in [1.29, 1.82) is 0 Å². The average Bonchev–Trinajstić information content (AvgIpc) is 2.07. The fraction of sp³-hybridized carbons (Fsp3) is 0.800. The number of hydrogen-bond acceptors (Lipinski definition) is 2. The highest BCUT2D eigenvalue weighted by Gasteiger charge is 2.32. The predicted octanol–water partition coefficient (Wildman–Crippen LogP) is 1.97. The van der Waals surface area contributed by atoms with Crippen molar-refractivity contribution in [2.75, 3.05) is 0 Å². The Morgan fingerprint density at radius 1 is 1.42 bits per heavy atom. The van der Waals surface area contributed by atoms with Gasteiger partial charge in [0.15, 0.2) is 0 Å². The second-order valence-corrected chi connectivity index (χ2v) is 4.09. The molecule has 70 valence electrons. The van der Waals surface area contributed by atoms with Gasteiger partial charge < -0.3 is 0 Å². The lowest BCUT2D eigenvalue weighted by Gasteiger charge is -2.38. The second-order valence-electron chi connectivity index (χ2n) is 4.09. The molecule has 3 N–H and O–H groups in total. The van der Waals surface area contributed by atoms with Gasteiger partial charge in [0, 0.05) is 6.04 Å². The molecule has 0 aliphatic heterocycles. The van der Waals surface area contributed by atoms with Crippen molar-refractivity contribution in [3.05, 3.63) is 12.7 Å². The zero-order chi connectivity index (χ0) is 9.03. The number of hydrogen-bond donors (Lipinski definition) is 2. The van der Waals surface area contributed by atoms with E-state index in [1.54, 1.807) is 0 Å². The van der Waals surface area contributed by atoms with Crippen molar-refractivity contribution in [2.24, 2.45) is 11.3 Å². The van der Waals surface area contributed by atoms with Gasteiger partial charge in [0.05, 0.1) is 0 Å². The van der Waals surface area contributed by atoms with E-state index in [2.05, 4.69) is 18.9 Å². The number of rotatable bonds is 3. The summed E-state index contributed by atoms with van der Waals surface area (Å²) in [7, 11) is 0. The minimum atomic E-state index is 0.276. The monoisotopic (exact) mass is 168 g/mol. The predicted molar refractivity (Wildman–Crippen MR) is 52.5 cm³/mol. The number of nitrogens with two attached hydrogens (primary N) is 1. The Bertz CT molecular complexity index is 148. The zero-order valence-electron chi connectivity index (χ0n) is 7.97. The van der Waals surface area contributed by atoms with E-state index in [1.807, 2.05) is 6.08 Å². The topological polar surface area (TPSA) is 38.0 Å². The van der Waals surface area contributed by atoms with Crippen molar-refractivity contribution in [3.63, 3.8) is 0 Å². The van der Waals surface area contributed by atoms with E-state index in [4.69, 9.17) is 5.84 Å². The van der Waals surface area contributed by atoms with Crippen molar-refractivity contribution in [2.45, 2.75) is 45.1 Å². The molecule has 0 bridgehead atoms. The molecule has 1 rings (SSSR count). The molecule has 1 unspecified atom stereocenters. The highest BCUT2D eigenvalue weighted by molar-refractivity contribution is 4.98. The fourth-order valence-electron chi connectivity index (χ4n) is 2.22. The summed E-state index contributed by atoms with van der Waals surface area (Å²) in [6, 6.07) is 0.276. The summed E-state index contributed by atoms with van der Waals surface area (Å²) < 4.78 is 0. The molecule has 0 amide bonds. The zero-order valence-corrected chi connectivity index (χ0v) is 7.97. The summed E-state index contributed by atoms with van der Waals surface area (Å²) in [5, 5.41) is 0. The van der Waals surface area contributed by atoms with Crippen LogP contribution in [0.25, 0.3) is 0 Å². The third-order valence-corrected chi connectivity index (χ3v) is 3.16. The van der Waals surface area contributed by atoms with Crippen LogP contribution in [0.4, 0.5) is 0 Å². The molecule has 1 saturated carbocycles. The quantitative estimate of drug-likeness (QED) is 0.384. The maximum Gasteiger partial charge on any atom is 0.0441 e. The third-order valence-electron chi connectivity index (χ3n) is 3.16. The molecule has 2 heteroatoms. The van der Waals surface area contributed by atoms with Crippen molar-refractivity contribution in [1.82, 2.24) is 5.43 Å².